The van der Waals surface area contributed by atoms with E-state index in [9.17, 15) is 8.42 Å². The van der Waals surface area contributed by atoms with E-state index in [1.165, 1.54) is 20.3 Å². The predicted octanol–water partition coefficient (Wildman–Crippen LogP) is 2.42. The highest BCUT2D eigenvalue weighted by Gasteiger charge is 2.21. The lowest BCUT2D eigenvalue weighted by atomic mass is 9.93. The predicted molar refractivity (Wildman–Crippen MR) is 78.8 cm³/mol. The van der Waals surface area contributed by atoms with Crippen LogP contribution in [0.3, 0.4) is 0 Å². The van der Waals surface area contributed by atoms with Crippen molar-refractivity contribution in [3.8, 4) is 11.5 Å². The van der Waals surface area contributed by atoms with Crippen LogP contribution in [0.1, 0.15) is 27.2 Å². The van der Waals surface area contributed by atoms with E-state index in [1.54, 1.807) is 12.1 Å². The van der Waals surface area contributed by atoms with Gasteiger partial charge in [-0.05, 0) is 24.0 Å². The lowest BCUT2D eigenvalue weighted by Crippen LogP contribution is -2.27. The Morgan fingerprint density at radius 2 is 1.80 bits per heavy atom. The van der Waals surface area contributed by atoms with Crippen LogP contribution in [0.5, 0.6) is 11.5 Å². The normalized spacial score (nSPS) is 12.2. The smallest absolute Gasteiger partial charge is 0.244 e. The molecule has 5 nitrogen and oxygen atoms in total. The molecule has 0 fully saturated rings. The molecule has 20 heavy (non-hydrogen) atoms. The Morgan fingerprint density at radius 3 is 2.30 bits per heavy atom. The molecule has 114 valence electrons. The summed E-state index contributed by atoms with van der Waals surface area (Å²) in [5, 5.41) is 0. The van der Waals surface area contributed by atoms with Gasteiger partial charge in [0.2, 0.25) is 10.0 Å². The summed E-state index contributed by atoms with van der Waals surface area (Å²) in [5.74, 6) is 0.774. The van der Waals surface area contributed by atoms with Gasteiger partial charge in [-0.2, -0.15) is 0 Å². The molecule has 0 atom stereocenters. The number of nitrogens with one attached hydrogen (secondary N) is 1. The first kappa shape index (κ1) is 16.8. The quantitative estimate of drug-likeness (QED) is 0.876. The molecule has 0 heterocycles. The van der Waals surface area contributed by atoms with Crippen LogP contribution in [0.4, 0.5) is 0 Å². The second-order valence-corrected chi connectivity index (χ2v) is 7.46. The maximum Gasteiger partial charge on any atom is 0.244 e. The van der Waals surface area contributed by atoms with E-state index in [2.05, 4.69) is 25.5 Å². The van der Waals surface area contributed by atoms with Gasteiger partial charge in [0.15, 0.2) is 0 Å². The van der Waals surface area contributed by atoms with E-state index in [0.717, 1.165) is 6.42 Å². The van der Waals surface area contributed by atoms with Crippen LogP contribution < -0.4 is 14.2 Å². The Hall–Kier alpha value is -1.27. The number of rotatable bonds is 6. The Balaban J connectivity index is 2.96. The van der Waals surface area contributed by atoms with Crippen molar-refractivity contribution in [2.45, 2.75) is 32.1 Å². The summed E-state index contributed by atoms with van der Waals surface area (Å²) >= 11 is 0. The molecule has 1 rings (SSSR count). The third-order valence-corrected chi connectivity index (χ3v) is 4.31. The molecule has 1 aromatic rings. The zero-order valence-corrected chi connectivity index (χ0v) is 13.5. The molecule has 1 N–H and O–H groups in total. The van der Waals surface area contributed by atoms with E-state index in [1.807, 2.05) is 0 Å². The van der Waals surface area contributed by atoms with Crippen molar-refractivity contribution in [2.24, 2.45) is 5.41 Å². The van der Waals surface area contributed by atoms with Gasteiger partial charge in [0.1, 0.15) is 16.4 Å². The summed E-state index contributed by atoms with van der Waals surface area (Å²) in [6.45, 7) is 6.57. The largest absolute Gasteiger partial charge is 0.497 e. The molecule has 0 aromatic heterocycles. The Morgan fingerprint density at radius 1 is 1.15 bits per heavy atom. The van der Waals surface area contributed by atoms with Crippen LogP contribution in [0.25, 0.3) is 0 Å². The minimum atomic E-state index is -3.61. The van der Waals surface area contributed by atoms with Crippen molar-refractivity contribution in [1.29, 1.82) is 0 Å². The Bertz CT molecular complexity index is 547. The van der Waals surface area contributed by atoms with Gasteiger partial charge in [-0.1, -0.05) is 20.8 Å². The summed E-state index contributed by atoms with van der Waals surface area (Å²) in [5.41, 5.74) is 0.0704. The first-order chi connectivity index (χ1) is 9.19. The van der Waals surface area contributed by atoms with Crippen molar-refractivity contribution in [3.05, 3.63) is 18.2 Å². The molecule has 0 aliphatic heterocycles. The highest BCUT2D eigenvalue weighted by molar-refractivity contribution is 7.89. The van der Waals surface area contributed by atoms with Gasteiger partial charge >= 0.3 is 0 Å². The second kappa shape index (κ2) is 6.45. The lowest BCUT2D eigenvalue weighted by Gasteiger charge is -2.18. The van der Waals surface area contributed by atoms with Crippen LogP contribution >= 0.6 is 0 Å². The summed E-state index contributed by atoms with van der Waals surface area (Å²) in [6, 6.07) is 4.70. The van der Waals surface area contributed by atoms with Crippen LogP contribution in [0, 0.1) is 5.41 Å². The average Bonchev–Trinajstić information content (AvgIpc) is 2.36. The third kappa shape index (κ3) is 4.68. The lowest BCUT2D eigenvalue weighted by molar-refractivity contribution is 0.377. The zero-order chi connectivity index (χ0) is 15.4. The van der Waals surface area contributed by atoms with Gasteiger partial charge in [0.05, 0.1) is 14.2 Å². The molecular weight excluding hydrogens is 278 g/mol. The number of methoxy groups -OCH3 is 2. The van der Waals surface area contributed by atoms with Crippen molar-refractivity contribution in [3.63, 3.8) is 0 Å². The molecule has 0 aliphatic rings. The van der Waals surface area contributed by atoms with Gasteiger partial charge in [0, 0.05) is 12.6 Å². The summed E-state index contributed by atoms with van der Waals surface area (Å²) < 4.78 is 37.4. The number of ether oxygens (including phenoxy) is 2. The summed E-state index contributed by atoms with van der Waals surface area (Å²) in [4.78, 5) is 0.0910. The second-order valence-electron chi connectivity index (χ2n) is 5.73. The highest BCUT2D eigenvalue weighted by Crippen LogP contribution is 2.28. The molecule has 0 amide bonds. The monoisotopic (exact) mass is 301 g/mol. The Kier molecular flexibility index (Phi) is 5.42. The van der Waals surface area contributed by atoms with Crippen molar-refractivity contribution < 1.29 is 17.9 Å². The molecule has 0 saturated heterocycles. The van der Waals surface area contributed by atoms with Crippen molar-refractivity contribution in [1.82, 2.24) is 4.72 Å². The molecular formula is C14H23NO4S. The van der Waals surface area contributed by atoms with Crippen molar-refractivity contribution in [2.75, 3.05) is 20.8 Å². The van der Waals surface area contributed by atoms with Crippen LogP contribution in [-0.4, -0.2) is 29.2 Å². The molecule has 6 heteroatoms. The number of hydrogen-bond donors (Lipinski definition) is 1. The molecule has 0 bridgehead atoms. The molecule has 0 saturated carbocycles. The summed E-state index contributed by atoms with van der Waals surface area (Å²) in [7, 11) is -0.681. The van der Waals surface area contributed by atoms with Gasteiger partial charge < -0.3 is 9.47 Å². The maximum absolute atomic E-state index is 12.3. The first-order valence-corrected chi connectivity index (χ1v) is 7.89. The topological polar surface area (TPSA) is 64.6 Å². The third-order valence-electron chi connectivity index (χ3n) is 2.83. The molecule has 0 unspecified atom stereocenters. The van der Waals surface area contributed by atoms with Crippen molar-refractivity contribution >= 4 is 10.0 Å². The van der Waals surface area contributed by atoms with E-state index in [0.29, 0.717) is 18.0 Å². The summed E-state index contributed by atoms with van der Waals surface area (Å²) in [6.07, 6.45) is 0.749. The van der Waals surface area contributed by atoms with Crippen LogP contribution in [-0.2, 0) is 10.0 Å². The maximum atomic E-state index is 12.3. The number of benzene rings is 1. The van der Waals surface area contributed by atoms with Gasteiger partial charge in [-0.3, -0.25) is 0 Å². The Labute approximate surface area is 121 Å². The fourth-order valence-corrected chi connectivity index (χ4v) is 2.85. The van der Waals surface area contributed by atoms with Crippen LogP contribution in [0.15, 0.2) is 23.1 Å². The van der Waals surface area contributed by atoms with E-state index in [4.69, 9.17) is 9.47 Å². The number of hydrogen-bond acceptors (Lipinski definition) is 4. The van der Waals surface area contributed by atoms with Gasteiger partial charge in [-0.15, -0.1) is 0 Å². The minimum Gasteiger partial charge on any atom is -0.497 e. The zero-order valence-electron chi connectivity index (χ0n) is 12.7. The molecule has 1 aromatic carbocycles. The van der Waals surface area contributed by atoms with E-state index in [-0.39, 0.29) is 10.3 Å². The molecule has 0 radical (unpaired) electrons. The SMILES string of the molecule is COc1ccc(OC)c(S(=O)(=O)NCCC(C)(C)C)c1. The fourth-order valence-electron chi connectivity index (χ4n) is 1.63. The van der Waals surface area contributed by atoms with Crippen LogP contribution in [0.2, 0.25) is 0 Å². The molecule has 0 aliphatic carbocycles. The van der Waals surface area contributed by atoms with Gasteiger partial charge in [-0.25, -0.2) is 13.1 Å². The van der Waals surface area contributed by atoms with E-state index >= 15 is 0 Å². The van der Waals surface area contributed by atoms with E-state index < -0.39 is 10.0 Å². The average molecular weight is 301 g/mol. The highest BCUT2D eigenvalue weighted by atomic mass is 32.2. The number of sulfonamides is 1. The minimum absolute atomic E-state index is 0.0704. The standard InChI is InChI=1S/C14H23NO4S/c1-14(2,3)8-9-15-20(16,17)13-10-11(18-4)6-7-12(13)19-5/h6-7,10,15H,8-9H2,1-5H3. The fraction of sp³-hybridized carbons (Fsp3) is 0.571. The molecule has 0 spiro atoms. The first-order valence-electron chi connectivity index (χ1n) is 6.41. The van der Waals surface area contributed by atoms with Gasteiger partial charge in [0.25, 0.3) is 0 Å².